The predicted molar refractivity (Wildman–Crippen MR) is 65.8 cm³/mol. The van der Waals surface area contributed by atoms with E-state index in [0.717, 1.165) is 5.56 Å². The fourth-order valence-corrected chi connectivity index (χ4v) is 1.72. The van der Waals surface area contributed by atoms with Crippen molar-refractivity contribution in [3.05, 3.63) is 57.9 Å². The molecule has 2 rings (SSSR count). The van der Waals surface area contributed by atoms with Crippen LogP contribution in [0.4, 0.5) is 11.4 Å². The molecule has 1 heterocycles. The van der Waals surface area contributed by atoms with Gasteiger partial charge < -0.3 is 10.3 Å². The Hall–Kier alpha value is -2.81. The van der Waals surface area contributed by atoms with Gasteiger partial charge in [0.1, 0.15) is 17.5 Å². The lowest BCUT2D eigenvalue weighted by Gasteiger charge is -2.06. The number of nitro benzene ring substituents is 1. The molecule has 2 N–H and O–H groups in total. The van der Waals surface area contributed by atoms with Crippen LogP contribution in [0.1, 0.15) is 11.3 Å². The average molecular weight is 242 g/mol. The number of benzene rings is 1. The summed E-state index contributed by atoms with van der Waals surface area (Å²) in [6.45, 7) is 0.456. The molecule has 0 aliphatic rings. The van der Waals surface area contributed by atoms with Crippen LogP contribution in [0.25, 0.3) is 0 Å². The first kappa shape index (κ1) is 11.7. The molecule has 1 aromatic carbocycles. The van der Waals surface area contributed by atoms with E-state index in [1.54, 1.807) is 35.0 Å². The monoisotopic (exact) mass is 242 g/mol. The summed E-state index contributed by atoms with van der Waals surface area (Å²) >= 11 is 0. The Morgan fingerprint density at radius 1 is 1.44 bits per heavy atom. The second-order valence-corrected chi connectivity index (χ2v) is 3.78. The molecule has 1 aromatic heterocycles. The molecule has 6 nitrogen and oxygen atoms in total. The van der Waals surface area contributed by atoms with Crippen molar-refractivity contribution in [2.24, 2.45) is 0 Å². The van der Waals surface area contributed by atoms with Crippen LogP contribution in [0.3, 0.4) is 0 Å². The molecule has 0 saturated heterocycles. The van der Waals surface area contributed by atoms with Gasteiger partial charge >= 0.3 is 0 Å². The van der Waals surface area contributed by atoms with Crippen LogP contribution in [0.15, 0.2) is 36.5 Å². The number of nitrogen functional groups attached to an aromatic ring is 1. The van der Waals surface area contributed by atoms with Crippen LogP contribution < -0.4 is 5.73 Å². The number of nitrogens with two attached hydrogens (primary N) is 1. The van der Waals surface area contributed by atoms with Gasteiger partial charge in [0.05, 0.1) is 4.92 Å². The molecule has 0 radical (unpaired) electrons. The van der Waals surface area contributed by atoms with Crippen LogP contribution in [-0.4, -0.2) is 9.49 Å². The molecule has 0 aliphatic heterocycles. The molecule has 0 amide bonds. The summed E-state index contributed by atoms with van der Waals surface area (Å²) < 4.78 is 1.75. The minimum atomic E-state index is -0.518. The number of anilines is 1. The Morgan fingerprint density at radius 3 is 2.83 bits per heavy atom. The fourth-order valence-electron chi connectivity index (χ4n) is 1.72. The lowest BCUT2D eigenvalue weighted by atomic mass is 10.1. The minimum absolute atomic E-state index is 0.105. The Kier molecular flexibility index (Phi) is 2.98. The third-order valence-electron chi connectivity index (χ3n) is 2.59. The summed E-state index contributed by atoms with van der Waals surface area (Å²) in [5.74, 6) is 0. The number of nitriles is 1. The molecule has 0 saturated carbocycles. The van der Waals surface area contributed by atoms with Gasteiger partial charge in [0, 0.05) is 18.8 Å². The molecule has 6 heteroatoms. The number of aromatic nitrogens is 1. The van der Waals surface area contributed by atoms with Gasteiger partial charge in [0.25, 0.3) is 5.69 Å². The lowest BCUT2D eigenvalue weighted by Crippen LogP contribution is -2.02. The summed E-state index contributed by atoms with van der Waals surface area (Å²) in [7, 11) is 0. The van der Waals surface area contributed by atoms with Gasteiger partial charge in [-0.1, -0.05) is 6.07 Å². The molecule has 18 heavy (non-hydrogen) atoms. The summed E-state index contributed by atoms with van der Waals surface area (Å²) in [6.07, 6.45) is 1.77. The highest BCUT2D eigenvalue weighted by Gasteiger charge is 2.11. The average Bonchev–Trinajstić information content (AvgIpc) is 2.76. The largest absolute Gasteiger partial charge is 0.393 e. The van der Waals surface area contributed by atoms with Crippen molar-refractivity contribution in [3.8, 4) is 6.07 Å². The van der Waals surface area contributed by atoms with E-state index in [4.69, 9.17) is 11.0 Å². The number of rotatable bonds is 3. The van der Waals surface area contributed by atoms with E-state index in [1.807, 2.05) is 0 Å². The minimum Gasteiger partial charge on any atom is -0.393 e. The second kappa shape index (κ2) is 4.59. The molecule has 90 valence electrons. The summed E-state index contributed by atoms with van der Waals surface area (Å²) in [5, 5.41) is 19.5. The molecule has 0 bridgehead atoms. The fraction of sp³-hybridized carbons (Fsp3) is 0.0833. The number of nitrogens with zero attached hydrogens (tertiary/aromatic N) is 3. The van der Waals surface area contributed by atoms with Gasteiger partial charge in [-0.05, 0) is 23.8 Å². The van der Waals surface area contributed by atoms with Crippen molar-refractivity contribution < 1.29 is 4.92 Å². The van der Waals surface area contributed by atoms with Gasteiger partial charge in [-0.2, -0.15) is 5.26 Å². The van der Waals surface area contributed by atoms with E-state index in [2.05, 4.69) is 6.07 Å². The first-order chi connectivity index (χ1) is 8.61. The highest BCUT2D eigenvalue weighted by atomic mass is 16.6. The van der Waals surface area contributed by atoms with Crippen molar-refractivity contribution in [1.29, 1.82) is 5.26 Å². The molecule has 0 aliphatic carbocycles. The zero-order valence-electron chi connectivity index (χ0n) is 9.41. The van der Waals surface area contributed by atoms with Gasteiger partial charge in [-0.25, -0.2) is 0 Å². The summed E-state index contributed by atoms with van der Waals surface area (Å²) in [5.41, 5.74) is 6.97. The van der Waals surface area contributed by atoms with E-state index in [0.29, 0.717) is 12.2 Å². The molecule has 0 unspecified atom stereocenters. The Morgan fingerprint density at radius 2 is 2.22 bits per heavy atom. The van der Waals surface area contributed by atoms with Crippen molar-refractivity contribution in [3.63, 3.8) is 0 Å². The Balaban J connectivity index is 2.29. The Bertz CT molecular complexity index is 640. The number of hydrogen-bond acceptors (Lipinski definition) is 4. The van der Waals surface area contributed by atoms with Crippen LogP contribution in [0, 0.1) is 21.4 Å². The van der Waals surface area contributed by atoms with Crippen LogP contribution >= 0.6 is 0 Å². The van der Waals surface area contributed by atoms with E-state index in [1.165, 1.54) is 6.07 Å². The van der Waals surface area contributed by atoms with Crippen LogP contribution in [0.5, 0.6) is 0 Å². The van der Waals surface area contributed by atoms with Gasteiger partial charge in [0.2, 0.25) is 0 Å². The first-order valence-corrected chi connectivity index (χ1v) is 5.20. The zero-order chi connectivity index (χ0) is 13.1. The van der Waals surface area contributed by atoms with Crippen molar-refractivity contribution in [2.75, 3.05) is 5.73 Å². The zero-order valence-corrected chi connectivity index (χ0v) is 9.41. The third kappa shape index (κ3) is 2.15. The topological polar surface area (TPSA) is 97.9 Å². The summed E-state index contributed by atoms with van der Waals surface area (Å²) in [4.78, 5) is 10.1. The second-order valence-electron chi connectivity index (χ2n) is 3.78. The number of nitro groups is 1. The third-order valence-corrected chi connectivity index (χ3v) is 2.59. The van der Waals surface area contributed by atoms with Crippen molar-refractivity contribution in [1.82, 2.24) is 4.57 Å². The van der Waals surface area contributed by atoms with E-state index in [-0.39, 0.29) is 11.4 Å². The maximum absolute atomic E-state index is 10.6. The SMILES string of the molecule is N#Cc1cccn1Cc1ccc([N+](=O)[O-])c(N)c1. The quantitative estimate of drug-likeness (QED) is 0.504. The molecule has 0 spiro atoms. The van der Waals surface area contributed by atoms with Crippen LogP contribution in [0.2, 0.25) is 0 Å². The van der Waals surface area contributed by atoms with Crippen molar-refractivity contribution in [2.45, 2.75) is 6.54 Å². The first-order valence-electron chi connectivity index (χ1n) is 5.20. The lowest BCUT2D eigenvalue weighted by molar-refractivity contribution is -0.383. The smallest absolute Gasteiger partial charge is 0.292 e. The molecule has 0 fully saturated rings. The van der Waals surface area contributed by atoms with Gasteiger partial charge in [0.15, 0.2) is 0 Å². The van der Waals surface area contributed by atoms with Crippen LogP contribution in [-0.2, 0) is 6.54 Å². The van der Waals surface area contributed by atoms with Gasteiger partial charge in [-0.3, -0.25) is 10.1 Å². The predicted octanol–water partition coefficient (Wildman–Crippen LogP) is 1.90. The molecule has 0 atom stereocenters. The summed E-state index contributed by atoms with van der Waals surface area (Å²) in [6, 6.07) is 10.1. The highest BCUT2D eigenvalue weighted by molar-refractivity contribution is 5.59. The van der Waals surface area contributed by atoms with Crippen molar-refractivity contribution >= 4 is 11.4 Å². The normalized spacial score (nSPS) is 9.94. The standard InChI is InChI=1S/C12H10N4O2/c13-7-10-2-1-5-15(10)8-9-3-4-12(16(17)18)11(14)6-9/h1-6H,8,14H2. The highest BCUT2D eigenvalue weighted by Crippen LogP contribution is 2.22. The maximum Gasteiger partial charge on any atom is 0.292 e. The molecule has 2 aromatic rings. The van der Waals surface area contributed by atoms with E-state index < -0.39 is 4.92 Å². The van der Waals surface area contributed by atoms with Gasteiger partial charge in [-0.15, -0.1) is 0 Å². The van der Waals surface area contributed by atoms with E-state index >= 15 is 0 Å². The molecular formula is C12H10N4O2. The number of hydrogen-bond donors (Lipinski definition) is 1. The Labute approximate surface area is 103 Å². The maximum atomic E-state index is 10.6. The van der Waals surface area contributed by atoms with E-state index in [9.17, 15) is 10.1 Å². The molecular weight excluding hydrogens is 232 g/mol.